The minimum atomic E-state index is -0.236. The van der Waals surface area contributed by atoms with Gasteiger partial charge in [0.2, 0.25) is 5.91 Å². The molecule has 1 N–H and O–H groups in total. The highest BCUT2D eigenvalue weighted by Crippen LogP contribution is 2.19. The van der Waals surface area contributed by atoms with Crippen molar-refractivity contribution in [2.24, 2.45) is 0 Å². The Hall–Kier alpha value is -3.15. The Morgan fingerprint density at radius 1 is 0.857 bits per heavy atom. The molecule has 1 fully saturated rings. The summed E-state index contributed by atoms with van der Waals surface area (Å²) in [4.78, 5) is 40.5. The van der Waals surface area contributed by atoms with Crippen molar-refractivity contribution in [2.75, 3.05) is 26.2 Å². The number of para-hydroxylation sites is 1. The highest BCUT2D eigenvalue weighted by atomic mass is 16.3. The van der Waals surface area contributed by atoms with Gasteiger partial charge in [-0.2, -0.15) is 0 Å². The quantitative estimate of drug-likeness (QED) is 0.809. The van der Waals surface area contributed by atoms with E-state index in [0.29, 0.717) is 31.7 Å². The molecule has 0 spiro atoms. The zero-order valence-electron chi connectivity index (χ0n) is 15.9. The van der Waals surface area contributed by atoms with E-state index < -0.39 is 0 Å². The molecule has 28 heavy (non-hydrogen) atoms. The molecular weight excluding hydrogens is 356 g/mol. The Balaban J connectivity index is 1.48. The number of amides is 2. The third-order valence-electron chi connectivity index (χ3n) is 4.99. The SMILES string of the molecule is Cc1ccc(C(=O)CCC(=O)N2CCN(C(=O)c3ccccc3O)CC2)cc1. The van der Waals surface area contributed by atoms with E-state index in [2.05, 4.69) is 0 Å². The number of aromatic hydroxyl groups is 1. The summed E-state index contributed by atoms with van der Waals surface area (Å²) < 4.78 is 0. The van der Waals surface area contributed by atoms with Crippen LogP contribution in [0.3, 0.4) is 0 Å². The van der Waals surface area contributed by atoms with Gasteiger partial charge < -0.3 is 14.9 Å². The molecule has 6 nitrogen and oxygen atoms in total. The molecule has 0 aromatic heterocycles. The van der Waals surface area contributed by atoms with E-state index in [9.17, 15) is 19.5 Å². The third-order valence-corrected chi connectivity index (χ3v) is 4.99. The third kappa shape index (κ3) is 4.57. The van der Waals surface area contributed by atoms with Crippen molar-refractivity contribution in [1.29, 1.82) is 0 Å². The number of ketones is 1. The molecular formula is C22H24N2O4. The first-order valence-corrected chi connectivity index (χ1v) is 9.40. The highest BCUT2D eigenvalue weighted by molar-refractivity contribution is 5.98. The monoisotopic (exact) mass is 380 g/mol. The van der Waals surface area contributed by atoms with Gasteiger partial charge >= 0.3 is 0 Å². The predicted molar refractivity (Wildman–Crippen MR) is 105 cm³/mol. The second-order valence-corrected chi connectivity index (χ2v) is 6.98. The van der Waals surface area contributed by atoms with Crippen LogP contribution in [0.15, 0.2) is 48.5 Å². The molecule has 146 valence electrons. The van der Waals surface area contributed by atoms with Crippen LogP contribution in [-0.4, -0.2) is 58.7 Å². The van der Waals surface area contributed by atoms with E-state index in [1.165, 1.54) is 6.07 Å². The largest absolute Gasteiger partial charge is 0.507 e. The number of piperazine rings is 1. The van der Waals surface area contributed by atoms with E-state index in [-0.39, 0.29) is 41.8 Å². The van der Waals surface area contributed by atoms with Crippen molar-refractivity contribution in [1.82, 2.24) is 9.80 Å². The molecule has 1 saturated heterocycles. The number of rotatable bonds is 5. The average molecular weight is 380 g/mol. The maximum atomic E-state index is 12.5. The van der Waals surface area contributed by atoms with E-state index in [1.54, 1.807) is 40.1 Å². The molecule has 1 heterocycles. The fourth-order valence-corrected chi connectivity index (χ4v) is 3.25. The fourth-order valence-electron chi connectivity index (χ4n) is 3.25. The summed E-state index contributed by atoms with van der Waals surface area (Å²) in [5, 5.41) is 9.84. The molecule has 0 unspecified atom stereocenters. The van der Waals surface area contributed by atoms with Crippen LogP contribution in [0.4, 0.5) is 0 Å². The number of nitrogens with zero attached hydrogens (tertiary/aromatic N) is 2. The van der Waals surface area contributed by atoms with E-state index in [1.807, 2.05) is 19.1 Å². The smallest absolute Gasteiger partial charge is 0.257 e. The number of benzene rings is 2. The Labute approximate surface area is 164 Å². The minimum absolute atomic E-state index is 0.0401. The normalized spacial score (nSPS) is 14.0. The van der Waals surface area contributed by atoms with Gasteiger partial charge in [0, 0.05) is 44.6 Å². The van der Waals surface area contributed by atoms with Crippen LogP contribution >= 0.6 is 0 Å². The van der Waals surface area contributed by atoms with Crippen LogP contribution in [0.5, 0.6) is 5.75 Å². The van der Waals surface area contributed by atoms with Crippen molar-refractivity contribution in [3.8, 4) is 5.75 Å². The van der Waals surface area contributed by atoms with Gasteiger partial charge in [-0.1, -0.05) is 42.0 Å². The van der Waals surface area contributed by atoms with E-state index >= 15 is 0 Å². The molecule has 1 aliphatic rings. The van der Waals surface area contributed by atoms with Crippen LogP contribution < -0.4 is 0 Å². The number of aryl methyl sites for hydroxylation is 1. The van der Waals surface area contributed by atoms with Crippen LogP contribution in [0.2, 0.25) is 0 Å². The lowest BCUT2D eigenvalue weighted by Gasteiger charge is -2.35. The lowest BCUT2D eigenvalue weighted by atomic mass is 10.0. The first kappa shape index (κ1) is 19.6. The number of phenolic OH excluding ortho intramolecular Hbond substituents is 1. The van der Waals surface area contributed by atoms with Crippen LogP contribution in [0.25, 0.3) is 0 Å². The lowest BCUT2D eigenvalue weighted by molar-refractivity contribution is -0.132. The zero-order valence-corrected chi connectivity index (χ0v) is 15.9. The molecule has 0 radical (unpaired) electrons. The molecule has 2 aromatic rings. The predicted octanol–water partition coefficient (Wildman–Crippen LogP) is 2.65. The van der Waals surface area contributed by atoms with Gasteiger partial charge in [-0.25, -0.2) is 0 Å². The van der Waals surface area contributed by atoms with Gasteiger partial charge in [-0.15, -0.1) is 0 Å². The van der Waals surface area contributed by atoms with E-state index in [4.69, 9.17) is 0 Å². The van der Waals surface area contributed by atoms with Gasteiger partial charge in [0.1, 0.15) is 5.75 Å². The summed E-state index contributed by atoms with van der Waals surface area (Å²) in [5.41, 5.74) is 1.98. The lowest BCUT2D eigenvalue weighted by Crippen LogP contribution is -2.50. The molecule has 6 heteroatoms. The summed E-state index contributed by atoms with van der Waals surface area (Å²) in [7, 11) is 0. The maximum absolute atomic E-state index is 12.5. The first-order valence-electron chi connectivity index (χ1n) is 9.40. The average Bonchev–Trinajstić information content (AvgIpc) is 2.72. The molecule has 2 amide bonds. The molecule has 0 saturated carbocycles. The molecule has 0 aliphatic carbocycles. The van der Waals surface area contributed by atoms with Gasteiger partial charge in [-0.3, -0.25) is 14.4 Å². The van der Waals surface area contributed by atoms with E-state index in [0.717, 1.165) is 5.56 Å². The number of hydrogen-bond acceptors (Lipinski definition) is 4. The summed E-state index contributed by atoms with van der Waals surface area (Å²) in [6.45, 7) is 3.63. The maximum Gasteiger partial charge on any atom is 0.257 e. The van der Waals surface area contributed by atoms with Gasteiger partial charge in [-0.05, 0) is 19.1 Å². The standard InChI is InChI=1S/C22H24N2O4/c1-16-6-8-17(9-7-16)19(25)10-11-21(27)23-12-14-24(15-13-23)22(28)18-4-2-3-5-20(18)26/h2-9,26H,10-15H2,1H3. The van der Waals surface area contributed by atoms with Crippen LogP contribution in [0, 0.1) is 6.92 Å². The molecule has 0 bridgehead atoms. The first-order chi connectivity index (χ1) is 13.5. The Bertz CT molecular complexity index is 868. The summed E-state index contributed by atoms with van der Waals surface area (Å²) >= 11 is 0. The van der Waals surface area contributed by atoms with Crippen molar-refractivity contribution in [3.63, 3.8) is 0 Å². The summed E-state index contributed by atoms with van der Waals surface area (Å²) in [6, 6.07) is 13.8. The Morgan fingerprint density at radius 3 is 2.11 bits per heavy atom. The topological polar surface area (TPSA) is 77.9 Å². The van der Waals surface area contributed by atoms with Crippen molar-refractivity contribution in [3.05, 3.63) is 65.2 Å². The molecule has 1 aliphatic heterocycles. The molecule has 3 rings (SSSR count). The van der Waals surface area contributed by atoms with Gasteiger partial charge in [0.05, 0.1) is 5.56 Å². The number of phenols is 1. The zero-order chi connectivity index (χ0) is 20.1. The number of carbonyl (C=O) groups is 3. The number of Topliss-reactive ketones (excluding diaryl/α,β-unsaturated/α-hetero) is 1. The van der Waals surface area contributed by atoms with Crippen molar-refractivity contribution < 1.29 is 19.5 Å². The fraction of sp³-hybridized carbons (Fsp3) is 0.318. The second-order valence-electron chi connectivity index (χ2n) is 6.98. The van der Waals surface area contributed by atoms with Crippen LogP contribution in [0.1, 0.15) is 39.1 Å². The van der Waals surface area contributed by atoms with Crippen molar-refractivity contribution in [2.45, 2.75) is 19.8 Å². The minimum Gasteiger partial charge on any atom is -0.507 e. The number of carbonyl (C=O) groups excluding carboxylic acids is 3. The Kier molecular flexibility index (Phi) is 6.09. The summed E-state index contributed by atoms with van der Waals surface area (Å²) in [6.07, 6.45) is 0.346. The van der Waals surface area contributed by atoms with Crippen molar-refractivity contribution >= 4 is 17.6 Å². The molecule has 0 atom stereocenters. The second kappa shape index (κ2) is 8.69. The highest BCUT2D eigenvalue weighted by Gasteiger charge is 2.26. The van der Waals surface area contributed by atoms with Crippen LogP contribution in [-0.2, 0) is 4.79 Å². The summed E-state index contributed by atoms with van der Waals surface area (Å²) in [5.74, 6) is -0.391. The Morgan fingerprint density at radius 2 is 1.46 bits per heavy atom. The number of hydrogen-bond donors (Lipinski definition) is 1. The van der Waals surface area contributed by atoms with Gasteiger partial charge in [0.25, 0.3) is 5.91 Å². The van der Waals surface area contributed by atoms with Gasteiger partial charge in [0.15, 0.2) is 5.78 Å². The molecule has 2 aromatic carbocycles.